The number of carbonyl (C=O) groups is 2. The molecule has 6 heteroatoms. The summed E-state index contributed by atoms with van der Waals surface area (Å²) in [7, 11) is 0. The maximum atomic E-state index is 12.5. The molecule has 2 amide bonds. The molecule has 6 nitrogen and oxygen atoms in total. The number of amides is 2. The van der Waals surface area contributed by atoms with Crippen LogP contribution in [0, 0.1) is 13.8 Å². The Morgan fingerprint density at radius 3 is 2.11 bits per heavy atom. The Labute approximate surface area is 169 Å². The predicted molar refractivity (Wildman–Crippen MR) is 113 cm³/mol. The number of nitrogens with zero attached hydrogens (tertiary/aromatic N) is 1. The van der Waals surface area contributed by atoms with Gasteiger partial charge in [-0.25, -0.2) is 0 Å². The number of hydrogen-bond donors (Lipinski definition) is 3. The lowest BCUT2D eigenvalue weighted by molar-refractivity contribution is -1.00. The van der Waals surface area contributed by atoms with Crippen LogP contribution in [0.4, 0.5) is 5.69 Å². The summed E-state index contributed by atoms with van der Waals surface area (Å²) in [6.45, 7) is 14.9. The van der Waals surface area contributed by atoms with E-state index in [4.69, 9.17) is 0 Å². The van der Waals surface area contributed by atoms with E-state index >= 15 is 0 Å². The predicted octanol–water partition coefficient (Wildman–Crippen LogP) is -0.326. The minimum absolute atomic E-state index is 0.0697. The van der Waals surface area contributed by atoms with Crippen LogP contribution in [0.15, 0.2) is 18.2 Å². The van der Waals surface area contributed by atoms with Crippen molar-refractivity contribution in [2.24, 2.45) is 0 Å². The molecule has 1 aliphatic rings. The lowest BCUT2D eigenvalue weighted by atomic mass is 10.1. The first-order chi connectivity index (χ1) is 13.4. The maximum Gasteiger partial charge on any atom is 0.279 e. The van der Waals surface area contributed by atoms with Crippen molar-refractivity contribution in [3.63, 3.8) is 0 Å². The van der Waals surface area contributed by atoms with Gasteiger partial charge in [-0.15, -0.1) is 0 Å². The molecule has 0 saturated carbocycles. The summed E-state index contributed by atoms with van der Waals surface area (Å²) in [6.07, 6.45) is 2.02. The highest BCUT2D eigenvalue weighted by atomic mass is 16.2. The molecule has 28 heavy (non-hydrogen) atoms. The number of nitrogens with one attached hydrogen (secondary N) is 3. The van der Waals surface area contributed by atoms with Crippen LogP contribution in [0.3, 0.4) is 0 Å². The fraction of sp³-hybridized carbons (Fsp3) is 0.636. The fourth-order valence-electron chi connectivity index (χ4n) is 3.85. The first-order valence-electron chi connectivity index (χ1n) is 10.8. The molecule has 1 aliphatic heterocycles. The van der Waals surface area contributed by atoms with Crippen LogP contribution >= 0.6 is 0 Å². The molecule has 0 bridgehead atoms. The number of benzene rings is 1. The van der Waals surface area contributed by atoms with Crippen molar-refractivity contribution < 1.29 is 19.4 Å². The van der Waals surface area contributed by atoms with Gasteiger partial charge in [0.15, 0.2) is 13.1 Å². The van der Waals surface area contributed by atoms with Crippen molar-refractivity contribution in [1.29, 1.82) is 0 Å². The largest absolute Gasteiger partial charge is 0.338 e. The monoisotopic (exact) mass is 390 g/mol. The lowest BCUT2D eigenvalue weighted by Crippen LogP contribution is -3.28. The Hall–Kier alpha value is -1.92. The van der Waals surface area contributed by atoms with Crippen molar-refractivity contribution in [2.75, 3.05) is 57.7 Å². The van der Waals surface area contributed by atoms with Gasteiger partial charge in [-0.05, 0) is 43.9 Å². The Morgan fingerprint density at radius 2 is 1.54 bits per heavy atom. The highest BCUT2D eigenvalue weighted by Gasteiger charge is 2.27. The van der Waals surface area contributed by atoms with Crippen molar-refractivity contribution in [3.8, 4) is 0 Å². The lowest BCUT2D eigenvalue weighted by Gasteiger charge is -2.30. The average Bonchev–Trinajstić information content (AvgIpc) is 2.67. The Kier molecular flexibility index (Phi) is 8.93. The second kappa shape index (κ2) is 11.2. The zero-order chi connectivity index (χ0) is 20.5. The fourth-order valence-corrected chi connectivity index (χ4v) is 3.85. The molecule has 2 rings (SSSR count). The Morgan fingerprint density at radius 1 is 0.964 bits per heavy atom. The molecule has 0 unspecified atom stereocenters. The molecule has 0 atom stereocenters. The SMILES string of the molecule is CCCN(CCC)C(=O)C[NH+]1CC[NH+](CC(=O)Nc2cccc(C)c2C)CC1. The van der Waals surface area contributed by atoms with E-state index in [1.807, 2.05) is 24.0 Å². The molecule has 0 radical (unpaired) electrons. The molecule has 0 aliphatic carbocycles. The van der Waals surface area contributed by atoms with Crippen molar-refractivity contribution in [1.82, 2.24) is 4.90 Å². The van der Waals surface area contributed by atoms with Crippen LogP contribution in [0.1, 0.15) is 37.8 Å². The van der Waals surface area contributed by atoms with Crippen LogP contribution in [-0.4, -0.2) is 69.1 Å². The average molecular weight is 391 g/mol. The summed E-state index contributed by atoms with van der Waals surface area (Å²) in [5.74, 6) is 0.343. The number of rotatable bonds is 9. The van der Waals surface area contributed by atoms with Crippen molar-refractivity contribution >= 4 is 17.5 Å². The highest BCUT2D eigenvalue weighted by molar-refractivity contribution is 5.92. The summed E-state index contributed by atoms with van der Waals surface area (Å²) < 4.78 is 0. The molecule has 1 aromatic carbocycles. The summed E-state index contributed by atoms with van der Waals surface area (Å²) in [4.78, 5) is 29.6. The standard InChI is InChI=1S/C22H36N4O2/c1-5-10-26(11-6-2)22(28)17-25-14-12-24(13-15-25)16-21(27)23-20-9-7-8-18(3)19(20)4/h7-9H,5-6,10-17H2,1-4H3,(H,23,27)/p+2. The molecule has 156 valence electrons. The normalized spacial score (nSPS) is 19.3. The van der Waals surface area contributed by atoms with E-state index in [1.54, 1.807) is 0 Å². The summed E-state index contributed by atoms with van der Waals surface area (Å²) >= 11 is 0. The van der Waals surface area contributed by atoms with E-state index in [1.165, 1.54) is 15.4 Å². The molecule has 0 spiro atoms. The van der Waals surface area contributed by atoms with E-state index in [-0.39, 0.29) is 11.8 Å². The van der Waals surface area contributed by atoms with Gasteiger partial charge < -0.3 is 20.0 Å². The third kappa shape index (κ3) is 6.60. The number of carbonyl (C=O) groups excluding carboxylic acids is 2. The minimum Gasteiger partial charge on any atom is -0.338 e. The number of piperazine rings is 1. The second-order valence-electron chi connectivity index (χ2n) is 8.03. The van der Waals surface area contributed by atoms with Gasteiger partial charge in [-0.1, -0.05) is 26.0 Å². The smallest absolute Gasteiger partial charge is 0.279 e. The summed E-state index contributed by atoms with van der Waals surface area (Å²) in [5, 5.41) is 3.06. The first-order valence-corrected chi connectivity index (χ1v) is 10.8. The van der Waals surface area contributed by atoms with Gasteiger partial charge in [0, 0.05) is 18.8 Å². The zero-order valence-corrected chi connectivity index (χ0v) is 18.1. The second-order valence-corrected chi connectivity index (χ2v) is 8.03. The van der Waals surface area contributed by atoms with E-state index in [2.05, 4.69) is 32.2 Å². The molecule has 3 N–H and O–H groups in total. The van der Waals surface area contributed by atoms with Crippen LogP contribution in [0.2, 0.25) is 0 Å². The minimum atomic E-state index is 0.0697. The molecule has 1 heterocycles. The molecular formula is C22H38N4O2+2. The van der Waals surface area contributed by atoms with Gasteiger partial charge in [0.25, 0.3) is 11.8 Å². The molecule has 1 aromatic rings. The van der Waals surface area contributed by atoms with E-state index in [0.717, 1.165) is 63.4 Å². The number of quaternary nitrogens is 2. The maximum absolute atomic E-state index is 12.5. The number of hydrogen-bond acceptors (Lipinski definition) is 2. The summed E-state index contributed by atoms with van der Waals surface area (Å²) in [5.41, 5.74) is 3.22. The van der Waals surface area contributed by atoms with Crippen LogP contribution in [0.25, 0.3) is 0 Å². The van der Waals surface area contributed by atoms with Crippen molar-refractivity contribution in [3.05, 3.63) is 29.3 Å². The van der Waals surface area contributed by atoms with E-state index in [9.17, 15) is 9.59 Å². The van der Waals surface area contributed by atoms with E-state index in [0.29, 0.717) is 13.1 Å². The Balaban J connectivity index is 1.76. The highest BCUT2D eigenvalue weighted by Crippen LogP contribution is 2.17. The molecule has 1 fully saturated rings. The van der Waals surface area contributed by atoms with Crippen LogP contribution < -0.4 is 15.1 Å². The third-order valence-electron chi connectivity index (χ3n) is 5.69. The molecular weight excluding hydrogens is 352 g/mol. The van der Waals surface area contributed by atoms with Crippen LogP contribution in [-0.2, 0) is 9.59 Å². The first kappa shape index (κ1) is 22.4. The van der Waals surface area contributed by atoms with Gasteiger partial charge in [0.1, 0.15) is 26.2 Å². The summed E-state index contributed by atoms with van der Waals surface area (Å²) in [6, 6.07) is 5.99. The van der Waals surface area contributed by atoms with Crippen LogP contribution in [0.5, 0.6) is 0 Å². The van der Waals surface area contributed by atoms with Gasteiger partial charge >= 0.3 is 0 Å². The van der Waals surface area contributed by atoms with Gasteiger partial charge in [0.2, 0.25) is 0 Å². The Bertz CT molecular complexity index is 648. The van der Waals surface area contributed by atoms with Gasteiger partial charge in [-0.2, -0.15) is 0 Å². The van der Waals surface area contributed by atoms with Gasteiger partial charge in [-0.3, -0.25) is 9.59 Å². The third-order valence-corrected chi connectivity index (χ3v) is 5.69. The van der Waals surface area contributed by atoms with E-state index < -0.39 is 0 Å². The number of anilines is 1. The zero-order valence-electron chi connectivity index (χ0n) is 18.1. The van der Waals surface area contributed by atoms with Gasteiger partial charge in [0.05, 0.1) is 0 Å². The quantitative estimate of drug-likeness (QED) is 0.541. The topological polar surface area (TPSA) is 58.3 Å². The van der Waals surface area contributed by atoms with Crippen molar-refractivity contribution in [2.45, 2.75) is 40.5 Å². The number of aryl methyl sites for hydroxylation is 1. The molecule has 0 aromatic heterocycles. The molecule has 1 saturated heterocycles.